The van der Waals surface area contributed by atoms with Gasteiger partial charge in [-0.3, -0.25) is 0 Å². The Morgan fingerprint density at radius 3 is 2.03 bits per heavy atom. The van der Waals surface area contributed by atoms with E-state index in [1.807, 2.05) is 112 Å². The van der Waals surface area contributed by atoms with E-state index in [1.165, 1.54) is 0 Å². The second-order valence-electron chi connectivity index (χ2n) is 15.9. The zero-order valence-corrected chi connectivity index (χ0v) is 36.8. The number of allylic oxidation sites excluding steroid dienone is 13. The lowest BCUT2D eigenvalue weighted by Gasteiger charge is -2.35. The lowest BCUT2D eigenvalue weighted by atomic mass is 9.68. The zero-order valence-electron chi connectivity index (χ0n) is 36.8. The molecule has 0 heterocycles. The summed E-state index contributed by atoms with van der Waals surface area (Å²) in [6.45, 7) is 15.7. The molecule has 6 nitrogen and oxygen atoms in total. The highest BCUT2D eigenvalue weighted by atomic mass is 16.3. The fraction of sp³-hybridized carbons (Fsp3) is 0.158. The van der Waals surface area contributed by atoms with Crippen LogP contribution in [-0.4, -0.2) is 25.5 Å². The number of hydrogen-bond donors (Lipinski definition) is 5. The topological polar surface area (TPSA) is 104 Å². The molecule has 0 radical (unpaired) electrons. The minimum Gasteiger partial charge on any atom is -0.507 e. The number of rotatable bonds is 13. The molecule has 6 heteroatoms. The van der Waals surface area contributed by atoms with Crippen LogP contribution in [0, 0.1) is 19.8 Å². The molecule has 0 aliphatic heterocycles. The third-order valence-corrected chi connectivity index (χ3v) is 12.3. The smallest absolute Gasteiger partial charge is 0.186 e. The Balaban J connectivity index is 1.57. The van der Waals surface area contributed by atoms with E-state index >= 15 is 0 Å². The molecule has 7 rings (SSSR count). The van der Waals surface area contributed by atoms with Gasteiger partial charge in [0.2, 0.25) is 0 Å². The van der Waals surface area contributed by atoms with Gasteiger partial charge in [-0.05, 0) is 120 Å². The SMILES string of the molecule is C=C/C=C\C=C\C1([C@@H](C)/C=C\C=C/C)c2ccccc2-c2ccc(N(c3cccc(C(/C=C\C)=C/CC)c3)c3c(O)c(O)c(-c4c(O)c(C)c(C)c5ccccc45)c(O)c3O)cc21. The van der Waals surface area contributed by atoms with Gasteiger partial charge in [0.25, 0.3) is 0 Å². The van der Waals surface area contributed by atoms with Crippen molar-refractivity contribution in [3.63, 3.8) is 0 Å². The van der Waals surface area contributed by atoms with E-state index in [0.29, 0.717) is 22.3 Å². The first-order chi connectivity index (χ1) is 30.5. The Labute approximate surface area is 371 Å². The molecule has 1 unspecified atom stereocenters. The van der Waals surface area contributed by atoms with Crippen LogP contribution in [0.4, 0.5) is 17.1 Å². The summed E-state index contributed by atoms with van der Waals surface area (Å²) in [5, 5.41) is 62.1. The predicted molar refractivity (Wildman–Crippen MR) is 263 cm³/mol. The molecule has 0 bridgehead atoms. The van der Waals surface area contributed by atoms with Crippen LogP contribution >= 0.6 is 0 Å². The average molecular weight is 834 g/mol. The first kappa shape index (κ1) is 43.6. The first-order valence-electron chi connectivity index (χ1n) is 21.4. The Hall–Kier alpha value is -7.44. The molecule has 1 aliphatic carbocycles. The van der Waals surface area contributed by atoms with Gasteiger partial charge in [-0.1, -0.05) is 160 Å². The van der Waals surface area contributed by atoms with Crippen molar-refractivity contribution in [1.82, 2.24) is 0 Å². The molecule has 5 N–H and O–H groups in total. The summed E-state index contributed by atoms with van der Waals surface area (Å²) in [5.41, 5.74) is 7.42. The van der Waals surface area contributed by atoms with E-state index in [0.717, 1.165) is 50.8 Å². The number of benzene rings is 6. The Bertz CT molecular complexity index is 2900. The lowest BCUT2D eigenvalue weighted by Crippen LogP contribution is -2.30. The van der Waals surface area contributed by atoms with Gasteiger partial charge < -0.3 is 30.4 Å². The number of fused-ring (bicyclic) bond motifs is 4. The highest BCUT2D eigenvalue weighted by Crippen LogP contribution is 2.62. The average Bonchev–Trinajstić information content (AvgIpc) is 3.58. The van der Waals surface area contributed by atoms with Crippen LogP contribution in [0.3, 0.4) is 0 Å². The van der Waals surface area contributed by atoms with Gasteiger partial charge in [-0.2, -0.15) is 0 Å². The molecule has 0 saturated heterocycles. The number of aromatic hydroxyl groups is 5. The van der Waals surface area contributed by atoms with E-state index in [-0.39, 0.29) is 28.5 Å². The van der Waals surface area contributed by atoms with E-state index in [9.17, 15) is 25.5 Å². The Morgan fingerprint density at radius 2 is 1.33 bits per heavy atom. The Morgan fingerprint density at radius 1 is 0.651 bits per heavy atom. The van der Waals surface area contributed by atoms with Crippen molar-refractivity contribution in [1.29, 1.82) is 0 Å². The van der Waals surface area contributed by atoms with E-state index in [4.69, 9.17) is 0 Å². The number of hydrogen-bond acceptors (Lipinski definition) is 6. The third-order valence-electron chi connectivity index (χ3n) is 12.3. The summed E-state index contributed by atoms with van der Waals surface area (Å²) >= 11 is 0. The van der Waals surface area contributed by atoms with E-state index < -0.39 is 28.4 Å². The zero-order chi connectivity index (χ0) is 45.0. The van der Waals surface area contributed by atoms with E-state index in [1.54, 1.807) is 30.0 Å². The summed E-state index contributed by atoms with van der Waals surface area (Å²) in [7, 11) is 0. The predicted octanol–water partition coefficient (Wildman–Crippen LogP) is 14.8. The van der Waals surface area contributed by atoms with Crippen molar-refractivity contribution in [2.24, 2.45) is 5.92 Å². The molecule has 318 valence electrons. The highest BCUT2D eigenvalue weighted by molar-refractivity contribution is 6.07. The number of aryl methyl sites for hydroxylation is 1. The first-order valence-corrected chi connectivity index (χ1v) is 21.4. The van der Waals surface area contributed by atoms with Crippen molar-refractivity contribution in [3.05, 3.63) is 198 Å². The number of phenols is 5. The van der Waals surface area contributed by atoms with Crippen LogP contribution in [0.1, 0.15) is 61.9 Å². The van der Waals surface area contributed by atoms with Crippen molar-refractivity contribution in [2.75, 3.05) is 4.90 Å². The van der Waals surface area contributed by atoms with Crippen LogP contribution < -0.4 is 4.90 Å². The standard InChI is InChI=1S/C57H55NO5/c1-8-12-14-20-33-57(36(5)24-15-13-9-2)47-30-19-18-28-44(47)45-32-31-42(35-48(45)57)58(41-26-21-25-40(34-41)39(22-10-3)23-11-4)51-55(62)53(60)50(54(61)56(51)63)49-46-29-17-16-27-43(46)37(6)38(7)52(49)59/h8-10,12-36,59-63H,1,11H2,2-7H3/b13-9-,14-12-,22-10-,24-15-,33-20+,39-23+/t36-,57?/m0/s1. The van der Waals surface area contributed by atoms with Crippen LogP contribution in [0.5, 0.6) is 28.7 Å². The Kier molecular flexibility index (Phi) is 12.7. The maximum atomic E-state index is 12.4. The molecule has 0 amide bonds. The monoisotopic (exact) mass is 833 g/mol. The van der Waals surface area contributed by atoms with Gasteiger partial charge in [0.15, 0.2) is 23.0 Å². The molecule has 0 aromatic heterocycles. The third kappa shape index (κ3) is 7.52. The highest BCUT2D eigenvalue weighted by Gasteiger charge is 2.45. The summed E-state index contributed by atoms with van der Waals surface area (Å²) < 4.78 is 0. The maximum absolute atomic E-state index is 12.4. The number of nitrogens with zero attached hydrogens (tertiary/aromatic N) is 1. The maximum Gasteiger partial charge on any atom is 0.186 e. The minimum absolute atomic E-state index is 0.0614. The summed E-state index contributed by atoms with van der Waals surface area (Å²) in [6, 6.07) is 29.5. The van der Waals surface area contributed by atoms with Crippen molar-refractivity contribution in [2.45, 2.75) is 53.4 Å². The quantitative estimate of drug-likeness (QED) is 0.0451. The summed E-state index contributed by atoms with van der Waals surface area (Å²) in [4.78, 5) is 1.67. The molecule has 0 spiro atoms. The molecule has 0 saturated carbocycles. The second-order valence-corrected chi connectivity index (χ2v) is 15.9. The van der Waals surface area contributed by atoms with Crippen LogP contribution in [0.2, 0.25) is 0 Å². The van der Waals surface area contributed by atoms with Gasteiger partial charge in [-0.15, -0.1) is 0 Å². The van der Waals surface area contributed by atoms with Gasteiger partial charge in [0, 0.05) is 22.4 Å². The molecule has 0 fully saturated rings. The molecular formula is C57H55NO5. The molecule has 6 aromatic carbocycles. The summed E-state index contributed by atoms with van der Waals surface area (Å²) in [6.07, 6.45) is 25.1. The van der Waals surface area contributed by atoms with Gasteiger partial charge in [0.05, 0.1) is 5.56 Å². The molecule has 63 heavy (non-hydrogen) atoms. The number of phenolic OH excluding ortho intramolecular Hbond substituents is 5. The fourth-order valence-corrected chi connectivity index (χ4v) is 9.16. The van der Waals surface area contributed by atoms with Crippen molar-refractivity contribution < 1.29 is 25.5 Å². The molecule has 6 aromatic rings. The molecule has 1 aliphatic rings. The van der Waals surface area contributed by atoms with Gasteiger partial charge >= 0.3 is 0 Å². The summed E-state index contributed by atoms with van der Waals surface area (Å²) in [5.74, 6) is -3.01. The second kappa shape index (κ2) is 18.3. The molecule has 2 atom stereocenters. The minimum atomic E-state index is -0.701. The van der Waals surface area contributed by atoms with Crippen LogP contribution in [0.25, 0.3) is 38.6 Å². The lowest BCUT2D eigenvalue weighted by molar-refractivity contribution is 0.377. The largest absolute Gasteiger partial charge is 0.507 e. The van der Waals surface area contributed by atoms with Crippen LogP contribution in [0.15, 0.2) is 170 Å². The normalized spacial score (nSPS) is 15.7. The molecular weight excluding hydrogens is 779 g/mol. The van der Waals surface area contributed by atoms with Gasteiger partial charge in [0.1, 0.15) is 11.4 Å². The van der Waals surface area contributed by atoms with Gasteiger partial charge in [-0.25, -0.2) is 0 Å². The van der Waals surface area contributed by atoms with Crippen LogP contribution in [-0.2, 0) is 5.41 Å². The van der Waals surface area contributed by atoms with Crippen molar-refractivity contribution >= 4 is 33.4 Å². The van der Waals surface area contributed by atoms with Crippen molar-refractivity contribution in [3.8, 4) is 51.0 Å². The fourth-order valence-electron chi connectivity index (χ4n) is 9.16. The number of anilines is 3. The van der Waals surface area contributed by atoms with E-state index in [2.05, 4.69) is 75.1 Å².